The molecule has 4 aromatic carbocycles. The van der Waals surface area contributed by atoms with Crippen LogP contribution in [0.25, 0.3) is 6.08 Å². The first kappa shape index (κ1) is 31.0. The number of thioether (sulfide) groups is 1. The molecule has 0 radical (unpaired) electrons. The van der Waals surface area contributed by atoms with E-state index in [2.05, 4.69) is 16.0 Å². The molecule has 0 aliphatic heterocycles. The van der Waals surface area contributed by atoms with Crippen LogP contribution in [0.4, 0.5) is 17.1 Å². The normalized spacial score (nSPS) is 11.7. The minimum atomic E-state index is -0.601. The first-order valence-electron chi connectivity index (χ1n) is 13.2. The summed E-state index contributed by atoms with van der Waals surface area (Å²) in [6.45, 7) is 1.91. The van der Waals surface area contributed by atoms with Gasteiger partial charge in [-0.25, -0.2) is 0 Å². The molecule has 0 saturated carbocycles. The maximum absolute atomic E-state index is 13.4. The number of nitrogens with zero attached hydrogens (tertiary/aromatic N) is 1. The molecule has 4 rings (SSSR count). The third-order valence-corrected chi connectivity index (χ3v) is 7.66. The Labute approximate surface area is 257 Å². The predicted octanol–water partition coefficient (Wildman–Crippen LogP) is 7.17. The lowest BCUT2D eigenvalue weighted by molar-refractivity contribution is -0.384. The topological polar surface area (TPSA) is 130 Å². The second-order valence-electron chi connectivity index (χ2n) is 9.22. The number of amides is 3. The van der Waals surface area contributed by atoms with Crippen molar-refractivity contribution in [2.75, 3.05) is 10.6 Å². The molecule has 11 heteroatoms. The van der Waals surface area contributed by atoms with Crippen LogP contribution in [0.1, 0.15) is 29.3 Å². The Morgan fingerprint density at radius 1 is 0.884 bits per heavy atom. The third kappa shape index (κ3) is 9.03. The second kappa shape index (κ2) is 14.8. The van der Waals surface area contributed by atoms with Crippen molar-refractivity contribution in [3.8, 4) is 0 Å². The van der Waals surface area contributed by atoms with Crippen molar-refractivity contribution in [2.45, 2.75) is 23.5 Å². The van der Waals surface area contributed by atoms with Gasteiger partial charge in [0.2, 0.25) is 5.91 Å². The molecule has 0 aliphatic carbocycles. The molecule has 3 N–H and O–H groups in total. The number of anilines is 2. The summed E-state index contributed by atoms with van der Waals surface area (Å²) in [5.74, 6) is -1.28. The van der Waals surface area contributed by atoms with E-state index < -0.39 is 22.0 Å². The van der Waals surface area contributed by atoms with Crippen LogP contribution in [0.3, 0.4) is 0 Å². The first-order valence-corrected chi connectivity index (χ1v) is 14.4. The van der Waals surface area contributed by atoms with Crippen molar-refractivity contribution in [3.05, 3.63) is 135 Å². The molecule has 9 nitrogen and oxygen atoms in total. The first-order chi connectivity index (χ1) is 20.7. The molecule has 4 aromatic rings. The van der Waals surface area contributed by atoms with E-state index in [4.69, 9.17) is 11.6 Å². The monoisotopic (exact) mass is 614 g/mol. The van der Waals surface area contributed by atoms with Crippen LogP contribution in [0.15, 0.2) is 114 Å². The van der Waals surface area contributed by atoms with Gasteiger partial charge in [0.1, 0.15) is 5.70 Å². The summed E-state index contributed by atoms with van der Waals surface area (Å²) >= 11 is 7.38. The van der Waals surface area contributed by atoms with Crippen molar-refractivity contribution >= 4 is 64.2 Å². The molecular formula is C32H27ClN4O5S. The average Bonchev–Trinajstić information content (AvgIpc) is 3.00. The van der Waals surface area contributed by atoms with Crippen molar-refractivity contribution in [2.24, 2.45) is 0 Å². The molecule has 0 saturated heterocycles. The van der Waals surface area contributed by atoms with Crippen LogP contribution in [-0.2, 0) is 9.59 Å². The third-order valence-electron chi connectivity index (χ3n) is 6.07. The van der Waals surface area contributed by atoms with Crippen LogP contribution in [0.5, 0.6) is 0 Å². The highest BCUT2D eigenvalue weighted by Gasteiger charge is 2.20. The van der Waals surface area contributed by atoms with Gasteiger partial charge in [-0.05, 0) is 78.7 Å². The number of nitrogens with one attached hydrogen (secondary N) is 3. The highest BCUT2D eigenvalue weighted by Crippen LogP contribution is 2.29. The van der Waals surface area contributed by atoms with Gasteiger partial charge in [-0.2, -0.15) is 0 Å². The lowest BCUT2D eigenvalue weighted by Crippen LogP contribution is -2.30. The van der Waals surface area contributed by atoms with Crippen LogP contribution >= 0.6 is 23.4 Å². The van der Waals surface area contributed by atoms with Gasteiger partial charge in [0, 0.05) is 39.0 Å². The predicted molar refractivity (Wildman–Crippen MR) is 170 cm³/mol. The quantitative estimate of drug-likeness (QED) is 0.0711. The minimum Gasteiger partial charge on any atom is -0.325 e. The Bertz CT molecular complexity index is 1660. The highest BCUT2D eigenvalue weighted by molar-refractivity contribution is 8.00. The van der Waals surface area contributed by atoms with Crippen LogP contribution in [0.2, 0.25) is 5.02 Å². The molecule has 0 aromatic heterocycles. The number of hydrogen-bond donors (Lipinski definition) is 3. The van der Waals surface area contributed by atoms with Gasteiger partial charge < -0.3 is 16.0 Å². The number of non-ortho nitro benzene ring substituents is 1. The molecule has 43 heavy (non-hydrogen) atoms. The molecular weight excluding hydrogens is 588 g/mol. The van der Waals surface area contributed by atoms with Gasteiger partial charge >= 0.3 is 0 Å². The number of benzene rings is 4. The number of hydrogen-bond acceptors (Lipinski definition) is 6. The summed E-state index contributed by atoms with van der Waals surface area (Å²) in [6, 6.07) is 27.9. The fourth-order valence-electron chi connectivity index (χ4n) is 3.92. The molecule has 0 aliphatic rings. The van der Waals surface area contributed by atoms with E-state index in [-0.39, 0.29) is 17.3 Å². The van der Waals surface area contributed by atoms with Gasteiger partial charge in [-0.1, -0.05) is 48.9 Å². The molecule has 0 fully saturated rings. The molecule has 1 atom stereocenters. The fourth-order valence-corrected chi connectivity index (χ4v) is 5.13. The van der Waals surface area contributed by atoms with Crippen molar-refractivity contribution < 1.29 is 19.3 Å². The van der Waals surface area contributed by atoms with E-state index in [1.165, 1.54) is 42.1 Å². The maximum atomic E-state index is 13.4. The zero-order valence-corrected chi connectivity index (χ0v) is 24.5. The zero-order chi connectivity index (χ0) is 30.8. The van der Waals surface area contributed by atoms with Gasteiger partial charge in [-0.15, -0.1) is 11.8 Å². The Balaban J connectivity index is 1.51. The largest absolute Gasteiger partial charge is 0.325 e. The summed E-state index contributed by atoms with van der Waals surface area (Å²) in [5, 5.41) is 19.5. The van der Waals surface area contributed by atoms with Crippen LogP contribution < -0.4 is 16.0 Å². The number of rotatable bonds is 11. The number of nitro groups is 1. The van der Waals surface area contributed by atoms with E-state index in [0.29, 0.717) is 33.9 Å². The van der Waals surface area contributed by atoms with Gasteiger partial charge in [-0.3, -0.25) is 24.5 Å². The standard InChI is InChI=1S/C32H27ClN4O5S/c1-2-29(32(40)35-24-11-6-10-23(33)19-24)43-27-13-7-12-25(20-27)34-31(39)28(36-30(38)22-8-4-3-5-9-22)18-21-14-16-26(17-15-21)37(41)42/h3-20,29H,2H2,1H3,(H,34,39)(H,35,40)(H,36,38)/b28-18+. The zero-order valence-electron chi connectivity index (χ0n) is 23.0. The molecule has 3 amide bonds. The summed E-state index contributed by atoms with van der Waals surface area (Å²) in [7, 11) is 0. The number of carbonyl (C=O) groups excluding carboxylic acids is 3. The SMILES string of the molecule is CCC(Sc1cccc(NC(=O)/C(=C\c2ccc([N+](=O)[O-])cc2)NC(=O)c2ccccc2)c1)C(=O)Nc1cccc(Cl)c1. The summed E-state index contributed by atoms with van der Waals surface area (Å²) in [4.78, 5) is 50.5. The van der Waals surface area contributed by atoms with Crippen LogP contribution in [0, 0.1) is 10.1 Å². The van der Waals surface area contributed by atoms with Crippen LogP contribution in [-0.4, -0.2) is 27.9 Å². The van der Waals surface area contributed by atoms with E-state index >= 15 is 0 Å². The van der Waals surface area contributed by atoms with Crippen molar-refractivity contribution in [3.63, 3.8) is 0 Å². The lowest BCUT2D eigenvalue weighted by atomic mass is 10.1. The number of nitro benzene ring substituents is 1. The van der Waals surface area contributed by atoms with Crippen molar-refractivity contribution in [1.29, 1.82) is 0 Å². The summed E-state index contributed by atoms with van der Waals surface area (Å²) in [5.41, 5.74) is 1.71. The van der Waals surface area contributed by atoms with Gasteiger partial charge in [0.05, 0.1) is 10.2 Å². The van der Waals surface area contributed by atoms with E-state index in [1.54, 1.807) is 72.8 Å². The molecule has 0 heterocycles. The Kier molecular flexibility index (Phi) is 10.7. The summed E-state index contributed by atoms with van der Waals surface area (Å²) in [6.07, 6.45) is 1.99. The molecule has 1 unspecified atom stereocenters. The molecule has 0 spiro atoms. The van der Waals surface area contributed by atoms with E-state index in [0.717, 1.165) is 4.90 Å². The highest BCUT2D eigenvalue weighted by atomic mass is 35.5. The smallest absolute Gasteiger partial charge is 0.272 e. The Hall–Kier alpha value is -4.93. The Morgan fingerprint density at radius 3 is 2.21 bits per heavy atom. The maximum Gasteiger partial charge on any atom is 0.272 e. The van der Waals surface area contributed by atoms with Gasteiger partial charge in [0.15, 0.2) is 0 Å². The number of carbonyl (C=O) groups is 3. The molecule has 218 valence electrons. The van der Waals surface area contributed by atoms with Crippen molar-refractivity contribution in [1.82, 2.24) is 5.32 Å². The summed E-state index contributed by atoms with van der Waals surface area (Å²) < 4.78 is 0. The van der Waals surface area contributed by atoms with E-state index in [9.17, 15) is 24.5 Å². The van der Waals surface area contributed by atoms with Gasteiger partial charge in [0.25, 0.3) is 17.5 Å². The average molecular weight is 615 g/mol. The molecule has 0 bridgehead atoms. The minimum absolute atomic E-state index is 0.0619. The lowest BCUT2D eigenvalue weighted by Gasteiger charge is -2.16. The second-order valence-corrected chi connectivity index (χ2v) is 10.9. The Morgan fingerprint density at radius 2 is 1.56 bits per heavy atom. The number of halogens is 1. The van der Waals surface area contributed by atoms with E-state index in [1.807, 2.05) is 13.0 Å². The fraction of sp³-hybridized carbons (Fsp3) is 0.0938.